The van der Waals surface area contributed by atoms with Gasteiger partial charge in [0.1, 0.15) is 5.82 Å². The average Bonchev–Trinajstić information content (AvgIpc) is 2.70. The Morgan fingerprint density at radius 2 is 1.83 bits per heavy atom. The number of hydrogen-bond donors (Lipinski definition) is 1. The Balaban J connectivity index is 1.62. The van der Waals surface area contributed by atoms with Gasteiger partial charge in [0.25, 0.3) is 0 Å². The van der Waals surface area contributed by atoms with Crippen LogP contribution in [0.5, 0.6) is 0 Å². The number of benzene rings is 2. The Labute approximate surface area is 171 Å². The van der Waals surface area contributed by atoms with Crippen LogP contribution in [0.3, 0.4) is 0 Å². The second-order valence-corrected chi connectivity index (χ2v) is 9.24. The Morgan fingerprint density at radius 3 is 2.55 bits per heavy atom. The van der Waals surface area contributed by atoms with Crippen molar-refractivity contribution in [3.05, 3.63) is 59.9 Å². The molecular formula is C21H26FN3O3S. The number of sulfonamides is 1. The van der Waals surface area contributed by atoms with E-state index in [4.69, 9.17) is 0 Å². The summed E-state index contributed by atoms with van der Waals surface area (Å²) in [7, 11) is -1.83. The molecule has 0 radical (unpaired) electrons. The predicted octanol–water partition coefficient (Wildman–Crippen LogP) is 3.07. The first-order chi connectivity index (χ1) is 13.9. The third-order valence-corrected chi connectivity index (χ3v) is 6.78. The van der Waals surface area contributed by atoms with E-state index >= 15 is 0 Å². The lowest BCUT2D eigenvalue weighted by Gasteiger charge is -2.26. The van der Waals surface area contributed by atoms with Gasteiger partial charge >= 0.3 is 0 Å². The lowest BCUT2D eigenvalue weighted by atomic mass is 10.2. The molecule has 0 unspecified atom stereocenters. The molecule has 0 bridgehead atoms. The summed E-state index contributed by atoms with van der Waals surface area (Å²) in [6, 6.07) is 12.7. The van der Waals surface area contributed by atoms with Crippen molar-refractivity contribution >= 4 is 21.6 Å². The summed E-state index contributed by atoms with van der Waals surface area (Å²) in [4.78, 5) is 14.2. The second kappa shape index (κ2) is 9.47. The third-order valence-electron chi connectivity index (χ3n) is 4.88. The van der Waals surface area contributed by atoms with Gasteiger partial charge in [-0.15, -0.1) is 0 Å². The van der Waals surface area contributed by atoms with Gasteiger partial charge in [0.2, 0.25) is 15.9 Å². The molecule has 0 spiro atoms. The van der Waals surface area contributed by atoms with E-state index in [1.165, 1.54) is 16.4 Å². The molecule has 1 aliphatic heterocycles. The Hall–Kier alpha value is -2.29. The highest BCUT2D eigenvalue weighted by Gasteiger charge is 2.26. The van der Waals surface area contributed by atoms with Crippen LogP contribution >= 0.6 is 0 Å². The van der Waals surface area contributed by atoms with Crippen LogP contribution in [0.1, 0.15) is 24.8 Å². The first-order valence-corrected chi connectivity index (χ1v) is 11.1. The SMILES string of the molecule is CN(CC(=O)Nc1cccc(S(=O)(=O)N2CCCCC2)c1)Cc1ccccc1F. The highest BCUT2D eigenvalue weighted by atomic mass is 32.2. The number of halogens is 1. The van der Waals surface area contributed by atoms with Crippen LogP contribution in [0.4, 0.5) is 10.1 Å². The predicted molar refractivity (Wildman–Crippen MR) is 110 cm³/mol. The number of anilines is 1. The van der Waals surface area contributed by atoms with E-state index in [-0.39, 0.29) is 23.2 Å². The summed E-state index contributed by atoms with van der Waals surface area (Å²) in [6.45, 7) is 1.40. The first kappa shape index (κ1) is 21.4. The maximum Gasteiger partial charge on any atom is 0.243 e. The monoisotopic (exact) mass is 419 g/mol. The van der Waals surface area contributed by atoms with E-state index in [0.29, 0.717) is 30.9 Å². The van der Waals surface area contributed by atoms with E-state index in [1.807, 2.05) is 0 Å². The molecule has 0 saturated carbocycles. The number of hydrogen-bond acceptors (Lipinski definition) is 4. The van der Waals surface area contributed by atoms with Crippen molar-refractivity contribution in [1.29, 1.82) is 0 Å². The molecule has 1 amide bonds. The normalized spacial score (nSPS) is 15.4. The number of amides is 1. The molecule has 1 heterocycles. The number of likely N-dealkylation sites (N-methyl/N-ethyl adjacent to an activating group) is 1. The third kappa shape index (κ3) is 5.62. The van der Waals surface area contributed by atoms with Gasteiger partial charge in [-0.3, -0.25) is 9.69 Å². The number of rotatable bonds is 7. The summed E-state index contributed by atoms with van der Waals surface area (Å²) in [5.41, 5.74) is 0.935. The van der Waals surface area contributed by atoms with Crippen molar-refractivity contribution in [3.63, 3.8) is 0 Å². The van der Waals surface area contributed by atoms with Gasteiger partial charge in [-0.2, -0.15) is 4.31 Å². The standard InChI is InChI=1S/C21H26FN3O3S/c1-24(15-17-8-3-4-11-20(17)22)16-21(26)23-18-9-7-10-19(14-18)29(27,28)25-12-5-2-6-13-25/h3-4,7-11,14H,2,5-6,12-13,15-16H2,1H3,(H,23,26). The van der Waals surface area contributed by atoms with Crippen LogP contribution in [-0.2, 0) is 21.4 Å². The molecule has 8 heteroatoms. The number of piperidine rings is 1. The smallest absolute Gasteiger partial charge is 0.243 e. The van der Waals surface area contributed by atoms with E-state index in [2.05, 4.69) is 5.32 Å². The van der Waals surface area contributed by atoms with Gasteiger partial charge in [0.05, 0.1) is 11.4 Å². The lowest BCUT2D eigenvalue weighted by Crippen LogP contribution is -2.35. The largest absolute Gasteiger partial charge is 0.325 e. The van der Waals surface area contributed by atoms with Gasteiger partial charge in [-0.1, -0.05) is 30.7 Å². The van der Waals surface area contributed by atoms with Crippen LogP contribution in [0.25, 0.3) is 0 Å². The molecule has 1 N–H and O–H groups in total. The van der Waals surface area contributed by atoms with Gasteiger partial charge in [-0.05, 0) is 44.2 Å². The van der Waals surface area contributed by atoms with Crippen LogP contribution in [0.15, 0.2) is 53.4 Å². The highest BCUT2D eigenvalue weighted by molar-refractivity contribution is 7.89. The van der Waals surface area contributed by atoms with Crippen molar-refractivity contribution in [2.45, 2.75) is 30.7 Å². The van der Waals surface area contributed by atoms with Crippen LogP contribution in [0.2, 0.25) is 0 Å². The maximum absolute atomic E-state index is 13.8. The summed E-state index contributed by atoms with van der Waals surface area (Å²) in [5, 5.41) is 2.73. The molecule has 0 aliphatic carbocycles. The van der Waals surface area contributed by atoms with Crippen LogP contribution in [0, 0.1) is 5.82 Å². The summed E-state index contributed by atoms with van der Waals surface area (Å²) in [5.74, 6) is -0.605. The minimum atomic E-state index is -3.56. The minimum absolute atomic E-state index is 0.0530. The van der Waals surface area contributed by atoms with E-state index in [0.717, 1.165) is 19.3 Å². The fraction of sp³-hybridized carbons (Fsp3) is 0.381. The number of nitrogens with zero attached hydrogens (tertiary/aromatic N) is 2. The zero-order valence-corrected chi connectivity index (χ0v) is 17.3. The Bertz CT molecular complexity index is 959. The Kier molecular flexibility index (Phi) is 7.00. The van der Waals surface area contributed by atoms with Crippen molar-refractivity contribution in [1.82, 2.24) is 9.21 Å². The molecule has 0 atom stereocenters. The molecule has 0 aromatic heterocycles. The quantitative estimate of drug-likeness (QED) is 0.749. The van der Waals surface area contributed by atoms with Crippen molar-refractivity contribution < 1.29 is 17.6 Å². The molecule has 2 aromatic carbocycles. The molecule has 6 nitrogen and oxygen atoms in total. The number of nitrogens with one attached hydrogen (secondary N) is 1. The zero-order valence-electron chi connectivity index (χ0n) is 16.5. The van der Waals surface area contributed by atoms with Crippen LogP contribution in [-0.4, -0.2) is 50.2 Å². The lowest BCUT2D eigenvalue weighted by molar-refractivity contribution is -0.117. The Morgan fingerprint density at radius 1 is 1.10 bits per heavy atom. The summed E-state index contributed by atoms with van der Waals surface area (Å²) >= 11 is 0. The van der Waals surface area contributed by atoms with E-state index in [9.17, 15) is 17.6 Å². The molecule has 1 fully saturated rings. The highest BCUT2D eigenvalue weighted by Crippen LogP contribution is 2.23. The minimum Gasteiger partial charge on any atom is -0.325 e. The second-order valence-electron chi connectivity index (χ2n) is 7.30. The van der Waals surface area contributed by atoms with Crippen molar-refractivity contribution in [2.24, 2.45) is 0 Å². The topological polar surface area (TPSA) is 69.7 Å². The molecule has 1 aliphatic rings. The van der Waals surface area contributed by atoms with E-state index in [1.54, 1.807) is 48.3 Å². The van der Waals surface area contributed by atoms with Crippen molar-refractivity contribution in [3.8, 4) is 0 Å². The average molecular weight is 420 g/mol. The zero-order chi connectivity index (χ0) is 20.9. The first-order valence-electron chi connectivity index (χ1n) is 9.68. The van der Waals surface area contributed by atoms with Gasteiger partial charge < -0.3 is 5.32 Å². The van der Waals surface area contributed by atoms with Crippen LogP contribution < -0.4 is 5.32 Å². The summed E-state index contributed by atoms with van der Waals surface area (Å²) < 4.78 is 40.9. The number of carbonyl (C=O) groups excluding carboxylic acids is 1. The molecular weight excluding hydrogens is 393 g/mol. The molecule has 1 saturated heterocycles. The van der Waals surface area contributed by atoms with E-state index < -0.39 is 10.0 Å². The number of carbonyl (C=O) groups is 1. The van der Waals surface area contributed by atoms with Crippen molar-refractivity contribution in [2.75, 3.05) is 32.0 Å². The maximum atomic E-state index is 13.8. The fourth-order valence-electron chi connectivity index (χ4n) is 3.41. The molecule has 2 aromatic rings. The van der Waals surface area contributed by atoms with Gasteiger partial charge in [0, 0.05) is 30.9 Å². The molecule has 3 rings (SSSR count). The van der Waals surface area contributed by atoms with Gasteiger partial charge in [-0.25, -0.2) is 12.8 Å². The summed E-state index contributed by atoms with van der Waals surface area (Å²) in [6.07, 6.45) is 2.77. The molecule has 156 valence electrons. The molecule has 29 heavy (non-hydrogen) atoms. The van der Waals surface area contributed by atoms with Gasteiger partial charge in [0.15, 0.2) is 0 Å². The fourth-order valence-corrected chi connectivity index (χ4v) is 4.97.